The van der Waals surface area contributed by atoms with Crippen molar-refractivity contribution < 1.29 is 9.84 Å². The summed E-state index contributed by atoms with van der Waals surface area (Å²) >= 11 is 0. The molecule has 100 valence electrons. The van der Waals surface area contributed by atoms with Gasteiger partial charge < -0.3 is 15.2 Å². The first-order valence-electron chi connectivity index (χ1n) is 6.64. The minimum absolute atomic E-state index is 0.340. The predicted octanol–water partition coefficient (Wildman–Crippen LogP) is 1.60. The lowest BCUT2D eigenvalue weighted by Gasteiger charge is -2.23. The Morgan fingerprint density at radius 2 is 2.22 bits per heavy atom. The van der Waals surface area contributed by atoms with Gasteiger partial charge in [-0.3, -0.25) is 0 Å². The van der Waals surface area contributed by atoms with Crippen molar-refractivity contribution in [1.29, 1.82) is 0 Å². The molecular weight excluding hydrogens is 230 g/mol. The van der Waals surface area contributed by atoms with Crippen LogP contribution in [-0.4, -0.2) is 40.4 Å². The van der Waals surface area contributed by atoms with Gasteiger partial charge in [0.25, 0.3) is 0 Å². The highest BCUT2D eigenvalue weighted by Crippen LogP contribution is 2.20. The number of hydrogen-bond donors (Lipinski definition) is 2. The molecule has 1 aromatic heterocycles. The molecule has 1 atom stereocenters. The van der Waals surface area contributed by atoms with Crippen molar-refractivity contribution in [2.75, 3.05) is 18.5 Å². The Balaban J connectivity index is 1.61. The van der Waals surface area contributed by atoms with E-state index in [1.54, 1.807) is 12.3 Å². The Morgan fingerprint density at radius 3 is 2.94 bits per heavy atom. The zero-order valence-corrected chi connectivity index (χ0v) is 10.6. The highest BCUT2D eigenvalue weighted by molar-refractivity contribution is 5.31. The molecule has 0 bridgehead atoms. The monoisotopic (exact) mass is 251 g/mol. The minimum Gasteiger partial charge on any atom is -0.389 e. The van der Waals surface area contributed by atoms with E-state index in [0.717, 1.165) is 18.7 Å². The van der Waals surface area contributed by atoms with Crippen LogP contribution in [0.15, 0.2) is 18.6 Å². The molecule has 1 aliphatic rings. The van der Waals surface area contributed by atoms with Crippen molar-refractivity contribution in [3.05, 3.63) is 18.6 Å². The van der Waals surface area contributed by atoms with Gasteiger partial charge in [-0.2, -0.15) is 0 Å². The van der Waals surface area contributed by atoms with Gasteiger partial charge in [0, 0.05) is 12.7 Å². The smallest absolute Gasteiger partial charge is 0.129 e. The number of hydrogen-bond acceptors (Lipinski definition) is 5. The highest BCUT2D eigenvalue weighted by Gasteiger charge is 2.15. The van der Waals surface area contributed by atoms with E-state index in [-0.39, 0.29) is 0 Å². The first-order chi connectivity index (χ1) is 8.84. The Kier molecular flexibility index (Phi) is 5.36. The third-order valence-electron chi connectivity index (χ3n) is 3.18. The summed E-state index contributed by atoms with van der Waals surface area (Å²) in [6.45, 7) is 0.840. The second-order valence-corrected chi connectivity index (χ2v) is 4.72. The number of aliphatic hydroxyl groups excluding tert-OH is 1. The standard InChI is InChI=1S/C13H21N3O2/c17-11(8-15-13-6-7-14-10-16-13)9-18-12-4-2-1-3-5-12/h6-7,10-12,17H,1-5,8-9H2,(H,14,15,16). The summed E-state index contributed by atoms with van der Waals surface area (Å²) < 4.78 is 5.71. The van der Waals surface area contributed by atoms with E-state index in [2.05, 4.69) is 15.3 Å². The van der Waals surface area contributed by atoms with E-state index >= 15 is 0 Å². The molecule has 0 amide bonds. The largest absolute Gasteiger partial charge is 0.389 e. The van der Waals surface area contributed by atoms with Gasteiger partial charge in [-0.05, 0) is 18.9 Å². The molecule has 2 rings (SSSR count). The van der Waals surface area contributed by atoms with Crippen LogP contribution in [0.4, 0.5) is 5.82 Å². The van der Waals surface area contributed by atoms with Gasteiger partial charge in [0.2, 0.25) is 0 Å². The lowest BCUT2D eigenvalue weighted by atomic mass is 9.98. The van der Waals surface area contributed by atoms with E-state index in [1.807, 2.05) is 0 Å². The molecule has 5 heteroatoms. The molecule has 1 aromatic rings. The molecule has 1 saturated carbocycles. The SMILES string of the molecule is OC(CNc1ccncn1)COC1CCCCC1. The predicted molar refractivity (Wildman–Crippen MR) is 69.4 cm³/mol. The molecule has 1 unspecified atom stereocenters. The summed E-state index contributed by atoms with van der Waals surface area (Å²) in [5.74, 6) is 0.724. The summed E-state index contributed by atoms with van der Waals surface area (Å²) in [5, 5.41) is 12.9. The number of nitrogens with one attached hydrogen (secondary N) is 1. The highest BCUT2D eigenvalue weighted by atomic mass is 16.5. The van der Waals surface area contributed by atoms with Crippen LogP contribution in [0.1, 0.15) is 32.1 Å². The quantitative estimate of drug-likeness (QED) is 0.804. The lowest BCUT2D eigenvalue weighted by Crippen LogP contribution is -2.28. The van der Waals surface area contributed by atoms with Crippen molar-refractivity contribution in [2.45, 2.75) is 44.3 Å². The van der Waals surface area contributed by atoms with Gasteiger partial charge in [0.1, 0.15) is 12.1 Å². The van der Waals surface area contributed by atoms with Crippen LogP contribution in [0.5, 0.6) is 0 Å². The number of aliphatic hydroxyl groups is 1. The van der Waals surface area contributed by atoms with Crippen molar-refractivity contribution in [2.24, 2.45) is 0 Å². The van der Waals surface area contributed by atoms with Crippen LogP contribution in [-0.2, 0) is 4.74 Å². The first kappa shape index (κ1) is 13.2. The molecule has 0 saturated heterocycles. The number of anilines is 1. The van der Waals surface area contributed by atoms with Gasteiger partial charge in [-0.25, -0.2) is 9.97 Å². The van der Waals surface area contributed by atoms with E-state index < -0.39 is 6.10 Å². The molecule has 1 fully saturated rings. The molecule has 5 nitrogen and oxygen atoms in total. The van der Waals surface area contributed by atoms with Crippen LogP contribution in [0.25, 0.3) is 0 Å². The van der Waals surface area contributed by atoms with Crippen molar-refractivity contribution in [3.8, 4) is 0 Å². The Hall–Kier alpha value is -1.20. The third-order valence-corrected chi connectivity index (χ3v) is 3.18. The fourth-order valence-electron chi connectivity index (χ4n) is 2.16. The molecule has 2 N–H and O–H groups in total. The molecular formula is C13H21N3O2. The van der Waals surface area contributed by atoms with Gasteiger partial charge in [0.05, 0.1) is 18.8 Å². The fraction of sp³-hybridized carbons (Fsp3) is 0.692. The van der Waals surface area contributed by atoms with Gasteiger partial charge in [-0.15, -0.1) is 0 Å². The fourth-order valence-corrected chi connectivity index (χ4v) is 2.16. The number of aromatic nitrogens is 2. The second-order valence-electron chi connectivity index (χ2n) is 4.72. The second kappa shape index (κ2) is 7.28. The maximum atomic E-state index is 9.81. The topological polar surface area (TPSA) is 67.3 Å². The zero-order chi connectivity index (χ0) is 12.6. The summed E-state index contributed by atoms with van der Waals surface area (Å²) in [6.07, 6.45) is 9.07. The van der Waals surface area contributed by atoms with Gasteiger partial charge >= 0.3 is 0 Å². The third kappa shape index (κ3) is 4.58. The average molecular weight is 251 g/mol. The van der Waals surface area contributed by atoms with E-state index in [0.29, 0.717) is 19.3 Å². The maximum absolute atomic E-state index is 9.81. The summed E-state index contributed by atoms with van der Waals surface area (Å²) in [7, 11) is 0. The maximum Gasteiger partial charge on any atom is 0.129 e. The molecule has 0 spiro atoms. The normalized spacial score (nSPS) is 18.5. The molecule has 0 radical (unpaired) electrons. The van der Waals surface area contributed by atoms with Crippen molar-refractivity contribution >= 4 is 5.82 Å². The Bertz CT molecular complexity index is 328. The Morgan fingerprint density at radius 1 is 1.39 bits per heavy atom. The van der Waals surface area contributed by atoms with Crippen molar-refractivity contribution in [1.82, 2.24) is 9.97 Å². The van der Waals surface area contributed by atoms with Crippen molar-refractivity contribution in [3.63, 3.8) is 0 Å². The number of nitrogens with zero attached hydrogens (tertiary/aromatic N) is 2. The lowest BCUT2D eigenvalue weighted by molar-refractivity contribution is -0.0195. The molecule has 1 aliphatic carbocycles. The average Bonchev–Trinajstić information content (AvgIpc) is 2.45. The van der Waals surface area contributed by atoms with Crippen LogP contribution in [0.3, 0.4) is 0 Å². The van der Waals surface area contributed by atoms with Crippen LogP contribution in [0, 0.1) is 0 Å². The van der Waals surface area contributed by atoms with E-state index in [9.17, 15) is 5.11 Å². The van der Waals surface area contributed by atoms with Crippen LogP contribution in [0.2, 0.25) is 0 Å². The van der Waals surface area contributed by atoms with E-state index in [4.69, 9.17) is 4.74 Å². The summed E-state index contributed by atoms with van der Waals surface area (Å²) in [4.78, 5) is 7.86. The minimum atomic E-state index is -0.498. The molecule has 0 aromatic carbocycles. The Labute approximate surface area is 108 Å². The number of rotatable bonds is 6. The van der Waals surface area contributed by atoms with E-state index in [1.165, 1.54) is 25.6 Å². The van der Waals surface area contributed by atoms with Crippen LogP contribution < -0.4 is 5.32 Å². The molecule has 18 heavy (non-hydrogen) atoms. The summed E-state index contributed by atoms with van der Waals surface area (Å²) in [6, 6.07) is 1.77. The first-order valence-corrected chi connectivity index (χ1v) is 6.64. The number of ether oxygens (including phenoxy) is 1. The zero-order valence-electron chi connectivity index (χ0n) is 10.6. The van der Waals surface area contributed by atoms with Crippen LogP contribution >= 0.6 is 0 Å². The molecule has 0 aliphatic heterocycles. The van der Waals surface area contributed by atoms with Gasteiger partial charge in [-0.1, -0.05) is 19.3 Å². The van der Waals surface area contributed by atoms with Gasteiger partial charge in [0.15, 0.2) is 0 Å². The molecule has 1 heterocycles. The summed E-state index contributed by atoms with van der Waals surface area (Å²) in [5.41, 5.74) is 0.